The normalized spacial score (nSPS) is 27.0. The van der Waals surface area contributed by atoms with Crippen LogP contribution in [-0.4, -0.2) is 25.2 Å². The van der Waals surface area contributed by atoms with Crippen LogP contribution in [0.3, 0.4) is 0 Å². The number of piperidine rings is 1. The van der Waals surface area contributed by atoms with E-state index in [9.17, 15) is 0 Å². The highest BCUT2D eigenvalue weighted by atomic mass is 14.9. The van der Waals surface area contributed by atoms with Gasteiger partial charge >= 0.3 is 0 Å². The minimum atomic E-state index is 0.672. The van der Waals surface area contributed by atoms with Crippen LogP contribution in [0.5, 0.6) is 0 Å². The van der Waals surface area contributed by atoms with Crippen molar-refractivity contribution in [2.24, 2.45) is 0 Å². The van der Waals surface area contributed by atoms with Gasteiger partial charge in [-0.25, -0.2) is 0 Å². The molecule has 0 radical (unpaired) electrons. The molecule has 0 aliphatic carbocycles. The van der Waals surface area contributed by atoms with Gasteiger partial charge in [0.1, 0.15) is 0 Å². The van der Waals surface area contributed by atoms with Crippen molar-refractivity contribution in [2.75, 3.05) is 13.1 Å². The molecule has 1 heterocycles. The standard InChI is InChI=1S/C10H22N2/c1-3-11-9(2)8-10-6-4-5-7-12-10/h9-12H,3-8H2,1-2H3. The molecule has 72 valence electrons. The Morgan fingerprint density at radius 3 is 2.92 bits per heavy atom. The zero-order valence-corrected chi connectivity index (χ0v) is 8.40. The Morgan fingerprint density at radius 1 is 1.50 bits per heavy atom. The van der Waals surface area contributed by atoms with Gasteiger partial charge in [0.15, 0.2) is 0 Å². The summed E-state index contributed by atoms with van der Waals surface area (Å²) in [7, 11) is 0. The average Bonchev–Trinajstić information content (AvgIpc) is 2.06. The third-order valence-electron chi connectivity index (χ3n) is 2.60. The van der Waals surface area contributed by atoms with Gasteiger partial charge in [0.05, 0.1) is 0 Å². The maximum atomic E-state index is 3.57. The number of hydrogen-bond acceptors (Lipinski definition) is 2. The molecule has 2 nitrogen and oxygen atoms in total. The average molecular weight is 170 g/mol. The van der Waals surface area contributed by atoms with E-state index in [0.29, 0.717) is 6.04 Å². The predicted molar refractivity (Wildman–Crippen MR) is 53.4 cm³/mol. The lowest BCUT2D eigenvalue weighted by molar-refractivity contribution is 0.347. The lowest BCUT2D eigenvalue weighted by Crippen LogP contribution is -2.39. The molecule has 2 atom stereocenters. The third kappa shape index (κ3) is 3.55. The Morgan fingerprint density at radius 2 is 2.33 bits per heavy atom. The number of nitrogens with one attached hydrogen (secondary N) is 2. The molecule has 0 aromatic carbocycles. The first-order chi connectivity index (χ1) is 5.83. The van der Waals surface area contributed by atoms with Crippen molar-refractivity contribution >= 4 is 0 Å². The minimum absolute atomic E-state index is 0.672. The maximum absolute atomic E-state index is 3.57. The highest BCUT2D eigenvalue weighted by Gasteiger charge is 2.14. The van der Waals surface area contributed by atoms with Crippen LogP contribution in [0.4, 0.5) is 0 Å². The quantitative estimate of drug-likeness (QED) is 0.668. The molecular weight excluding hydrogens is 148 g/mol. The summed E-state index contributed by atoms with van der Waals surface area (Å²) >= 11 is 0. The van der Waals surface area contributed by atoms with Gasteiger partial charge in [0.25, 0.3) is 0 Å². The lowest BCUT2D eigenvalue weighted by Gasteiger charge is -2.26. The monoisotopic (exact) mass is 170 g/mol. The van der Waals surface area contributed by atoms with Crippen molar-refractivity contribution in [3.8, 4) is 0 Å². The van der Waals surface area contributed by atoms with E-state index < -0.39 is 0 Å². The summed E-state index contributed by atoms with van der Waals surface area (Å²) in [5.74, 6) is 0. The second kappa shape index (κ2) is 5.55. The molecule has 2 heteroatoms. The molecule has 1 rings (SSSR count). The van der Waals surface area contributed by atoms with E-state index in [1.807, 2.05) is 0 Å². The van der Waals surface area contributed by atoms with Gasteiger partial charge in [-0.1, -0.05) is 13.3 Å². The fraction of sp³-hybridized carbons (Fsp3) is 1.00. The highest BCUT2D eigenvalue weighted by Crippen LogP contribution is 2.11. The van der Waals surface area contributed by atoms with Gasteiger partial charge in [-0.2, -0.15) is 0 Å². The summed E-state index contributed by atoms with van der Waals surface area (Å²) in [5.41, 5.74) is 0. The van der Waals surface area contributed by atoms with Crippen LogP contribution in [0.25, 0.3) is 0 Å². The molecule has 0 amide bonds. The summed E-state index contributed by atoms with van der Waals surface area (Å²) in [6.07, 6.45) is 5.44. The van der Waals surface area contributed by atoms with Crippen LogP contribution in [0.15, 0.2) is 0 Å². The maximum Gasteiger partial charge on any atom is 0.00817 e. The van der Waals surface area contributed by atoms with Crippen LogP contribution in [0.2, 0.25) is 0 Å². The molecule has 2 unspecified atom stereocenters. The first-order valence-electron chi connectivity index (χ1n) is 5.29. The third-order valence-corrected chi connectivity index (χ3v) is 2.60. The molecule has 1 fully saturated rings. The van der Waals surface area contributed by atoms with Gasteiger partial charge in [-0.05, 0) is 39.3 Å². The molecule has 0 aromatic rings. The molecule has 12 heavy (non-hydrogen) atoms. The van der Waals surface area contributed by atoms with Crippen LogP contribution >= 0.6 is 0 Å². The number of hydrogen-bond donors (Lipinski definition) is 2. The molecule has 0 saturated carbocycles. The molecule has 1 saturated heterocycles. The summed E-state index contributed by atoms with van der Waals surface area (Å²) in [5, 5.41) is 7.02. The van der Waals surface area contributed by atoms with Crippen LogP contribution < -0.4 is 10.6 Å². The van der Waals surface area contributed by atoms with Crippen molar-refractivity contribution in [3.05, 3.63) is 0 Å². The zero-order valence-electron chi connectivity index (χ0n) is 8.40. The smallest absolute Gasteiger partial charge is 0.00817 e. The van der Waals surface area contributed by atoms with Crippen molar-refractivity contribution in [3.63, 3.8) is 0 Å². The summed E-state index contributed by atoms with van der Waals surface area (Å²) < 4.78 is 0. The van der Waals surface area contributed by atoms with E-state index >= 15 is 0 Å². The molecule has 0 bridgehead atoms. The van der Waals surface area contributed by atoms with E-state index in [1.54, 1.807) is 0 Å². The Kier molecular flexibility index (Phi) is 4.62. The Balaban J connectivity index is 2.11. The first kappa shape index (κ1) is 10.0. The van der Waals surface area contributed by atoms with Crippen LogP contribution in [0, 0.1) is 0 Å². The van der Waals surface area contributed by atoms with Gasteiger partial charge in [-0.3, -0.25) is 0 Å². The Labute approximate surface area is 76.1 Å². The molecule has 1 aliphatic rings. The van der Waals surface area contributed by atoms with Crippen molar-refractivity contribution < 1.29 is 0 Å². The first-order valence-corrected chi connectivity index (χ1v) is 5.29. The predicted octanol–water partition coefficient (Wildman–Crippen LogP) is 1.52. The summed E-state index contributed by atoms with van der Waals surface area (Å²) in [6.45, 7) is 6.77. The summed E-state index contributed by atoms with van der Waals surface area (Å²) in [6, 6.07) is 1.44. The van der Waals surface area contributed by atoms with E-state index in [4.69, 9.17) is 0 Å². The van der Waals surface area contributed by atoms with Gasteiger partial charge in [-0.15, -0.1) is 0 Å². The van der Waals surface area contributed by atoms with Crippen LogP contribution in [0.1, 0.15) is 39.5 Å². The fourth-order valence-electron chi connectivity index (χ4n) is 1.98. The van der Waals surface area contributed by atoms with Crippen LogP contribution in [-0.2, 0) is 0 Å². The molecule has 0 spiro atoms. The number of rotatable bonds is 4. The van der Waals surface area contributed by atoms with E-state index in [2.05, 4.69) is 24.5 Å². The fourth-order valence-corrected chi connectivity index (χ4v) is 1.98. The largest absolute Gasteiger partial charge is 0.314 e. The van der Waals surface area contributed by atoms with E-state index in [1.165, 1.54) is 32.2 Å². The lowest BCUT2D eigenvalue weighted by atomic mass is 9.99. The highest BCUT2D eigenvalue weighted by molar-refractivity contribution is 4.76. The summed E-state index contributed by atoms with van der Waals surface area (Å²) in [4.78, 5) is 0. The minimum Gasteiger partial charge on any atom is -0.314 e. The van der Waals surface area contributed by atoms with Crippen molar-refractivity contribution in [2.45, 2.75) is 51.6 Å². The zero-order chi connectivity index (χ0) is 8.81. The molecule has 1 aliphatic heterocycles. The Bertz CT molecular complexity index is 108. The van der Waals surface area contributed by atoms with Crippen molar-refractivity contribution in [1.82, 2.24) is 10.6 Å². The van der Waals surface area contributed by atoms with Crippen molar-refractivity contribution in [1.29, 1.82) is 0 Å². The molecule has 0 aromatic heterocycles. The van der Waals surface area contributed by atoms with Gasteiger partial charge in [0, 0.05) is 12.1 Å². The molecular formula is C10H22N2. The SMILES string of the molecule is CCNC(C)CC1CCCCN1. The Hall–Kier alpha value is -0.0800. The second-order valence-electron chi connectivity index (χ2n) is 3.84. The van der Waals surface area contributed by atoms with Gasteiger partial charge in [0.2, 0.25) is 0 Å². The van der Waals surface area contributed by atoms with E-state index in [0.717, 1.165) is 12.6 Å². The van der Waals surface area contributed by atoms with E-state index in [-0.39, 0.29) is 0 Å². The van der Waals surface area contributed by atoms with Gasteiger partial charge < -0.3 is 10.6 Å². The molecule has 2 N–H and O–H groups in total. The topological polar surface area (TPSA) is 24.1 Å². The second-order valence-corrected chi connectivity index (χ2v) is 3.84.